The monoisotopic (exact) mass is 268 g/mol. The second-order valence-electron chi connectivity index (χ2n) is 5.96. The molecule has 0 aliphatic rings. The first-order valence-electron chi connectivity index (χ1n) is 6.45. The minimum absolute atomic E-state index is 0.180. The molecule has 0 aliphatic heterocycles. The molecular formula is C14H28N2OSi. The van der Waals surface area contributed by atoms with E-state index in [9.17, 15) is 0 Å². The zero-order valence-electron chi connectivity index (χ0n) is 12.9. The van der Waals surface area contributed by atoms with Gasteiger partial charge in [-0.25, -0.2) is 4.99 Å². The largest absolute Gasteiger partial charge is 0.321 e. The molecule has 3 nitrogen and oxygen atoms in total. The summed E-state index contributed by atoms with van der Waals surface area (Å²) < 4.78 is 5.85. The summed E-state index contributed by atoms with van der Waals surface area (Å²) in [4.78, 5) is 4.32. The lowest BCUT2D eigenvalue weighted by molar-refractivity contribution is 0.234. The molecule has 0 aliphatic carbocycles. The zero-order valence-corrected chi connectivity index (χ0v) is 13.9. The predicted octanol–water partition coefficient (Wildman–Crippen LogP) is 4.41. The van der Waals surface area contributed by atoms with Crippen molar-refractivity contribution < 1.29 is 4.53 Å². The van der Waals surface area contributed by atoms with Gasteiger partial charge < -0.3 is 4.53 Å². The molecule has 0 fully saturated rings. The summed E-state index contributed by atoms with van der Waals surface area (Å²) in [5.74, 6) is 0.741. The molecule has 0 amide bonds. The van der Waals surface area contributed by atoms with E-state index in [-0.39, 0.29) is 5.04 Å². The molecule has 104 valence electrons. The summed E-state index contributed by atoms with van der Waals surface area (Å²) in [6.45, 7) is 18.8. The number of amidine groups is 1. The van der Waals surface area contributed by atoms with Gasteiger partial charge in [0, 0.05) is 0 Å². The van der Waals surface area contributed by atoms with Gasteiger partial charge in [0.25, 0.3) is 0 Å². The fraction of sp³-hybridized carbons (Fsp3) is 0.643. The molecule has 1 N–H and O–H groups in total. The highest BCUT2D eigenvalue weighted by Gasteiger charge is 2.38. The Morgan fingerprint density at radius 1 is 1.39 bits per heavy atom. The molecule has 18 heavy (non-hydrogen) atoms. The van der Waals surface area contributed by atoms with Crippen LogP contribution in [0, 0.1) is 0 Å². The van der Waals surface area contributed by atoms with E-state index in [1.54, 1.807) is 0 Å². The van der Waals surface area contributed by atoms with Crippen LogP contribution in [0.3, 0.4) is 0 Å². The molecule has 0 radical (unpaired) electrons. The Morgan fingerprint density at radius 3 is 2.39 bits per heavy atom. The average Bonchev–Trinajstić information content (AvgIpc) is 2.22. The molecule has 0 rings (SSSR count). The van der Waals surface area contributed by atoms with E-state index in [1.807, 2.05) is 19.1 Å². The van der Waals surface area contributed by atoms with E-state index in [0.29, 0.717) is 0 Å². The van der Waals surface area contributed by atoms with Gasteiger partial charge in [-0.1, -0.05) is 40.3 Å². The Balaban J connectivity index is 4.43. The van der Waals surface area contributed by atoms with Crippen molar-refractivity contribution >= 4 is 14.2 Å². The Hall–Kier alpha value is -0.873. The van der Waals surface area contributed by atoms with Crippen molar-refractivity contribution in [3.8, 4) is 0 Å². The minimum Gasteiger partial charge on any atom is -0.321 e. The number of hydrogen-bond donors (Lipinski definition) is 1. The van der Waals surface area contributed by atoms with Crippen molar-refractivity contribution in [2.24, 2.45) is 4.99 Å². The van der Waals surface area contributed by atoms with Gasteiger partial charge >= 0.3 is 0 Å². The van der Waals surface area contributed by atoms with Crippen molar-refractivity contribution in [3.63, 3.8) is 0 Å². The first-order chi connectivity index (χ1) is 8.10. The first kappa shape index (κ1) is 17.1. The summed E-state index contributed by atoms with van der Waals surface area (Å²) in [5, 5.41) is 0.180. The number of hydroxylamine groups is 1. The van der Waals surface area contributed by atoms with Gasteiger partial charge in [-0.3, -0.25) is 5.48 Å². The standard InChI is InChI=1S/C14H28N2OSi/c1-9-10-11-12(2)15-13(3)16-17-18(7,8)14(4,5)6/h10-11H,2,9H2,1,3-8H3,(H,15,16)/b11-10-. The quantitative estimate of drug-likeness (QED) is 0.263. The molecule has 4 heteroatoms. The topological polar surface area (TPSA) is 33.6 Å². The third-order valence-electron chi connectivity index (χ3n) is 3.12. The Bertz CT molecular complexity index is 338. The van der Waals surface area contributed by atoms with Crippen LogP contribution < -0.4 is 5.48 Å². The minimum atomic E-state index is -1.78. The van der Waals surface area contributed by atoms with Gasteiger partial charge in [-0.2, -0.15) is 0 Å². The lowest BCUT2D eigenvalue weighted by Crippen LogP contribution is -2.46. The van der Waals surface area contributed by atoms with Crippen LogP contribution in [0.1, 0.15) is 41.0 Å². The smallest absolute Gasteiger partial charge is 0.228 e. The van der Waals surface area contributed by atoms with E-state index in [2.05, 4.69) is 57.8 Å². The van der Waals surface area contributed by atoms with Gasteiger partial charge in [-0.15, -0.1) is 0 Å². The molecule has 0 bridgehead atoms. The lowest BCUT2D eigenvalue weighted by Gasteiger charge is -2.35. The van der Waals surface area contributed by atoms with E-state index in [4.69, 9.17) is 4.53 Å². The fourth-order valence-electron chi connectivity index (χ4n) is 0.884. The molecule has 0 aromatic carbocycles. The fourth-order valence-corrected chi connectivity index (χ4v) is 1.59. The van der Waals surface area contributed by atoms with Gasteiger partial charge in [0.1, 0.15) is 5.84 Å². The Morgan fingerprint density at radius 2 is 1.94 bits per heavy atom. The number of rotatable bonds is 5. The maximum absolute atomic E-state index is 5.85. The van der Waals surface area contributed by atoms with E-state index in [1.165, 1.54) is 0 Å². The number of aliphatic imine (C=N–C) groups is 1. The van der Waals surface area contributed by atoms with Crippen LogP contribution in [0.15, 0.2) is 29.4 Å². The lowest BCUT2D eigenvalue weighted by atomic mass is 10.2. The third kappa shape index (κ3) is 6.17. The van der Waals surface area contributed by atoms with Crippen molar-refractivity contribution in [1.29, 1.82) is 0 Å². The number of hydrogen-bond acceptors (Lipinski definition) is 2. The molecular weight excluding hydrogens is 240 g/mol. The predicted molar refractivity (Wildman–Crippen MR) is 83.1 cm³/mol. The molecule has 0 unspecified atom stereocenters. The van der Waals surface area contributed by atoms with Crippen molar-refractivity contribution in [3.05, 3.63) is 24.4 Å². The maximum atomic E-state index is 5.85. The van der Waals surface area contributed by atoms with Crippen molar-refractivity contribution in [2.45, 2.75) is 59.2 Å². The van der Waals surface area contributed by atoms with Gasteiger partial charge in [0.2, 0.25) is 8.32 Å². The maximum Gasteiger partial charge on any atom is 0.228 e. The van der Waals surface area contributed by atoms with E-state index < -0.39 is 8.32 Å². The number of nitrogens with zero attached hydrogens (tertiary/aromatic N) is 1. The van der Waals surface area contributed by atoms with Crippen LogP contribution in [-0.2, 0) is 4.53 Å². The van der Waals surface area contributed by atoms with Gasteiger partial charge in [0.15, 0.2) is 0 Å². The van der Waals surface area contributed by atoms with Crippen LogP contribution >= 0.6 is 0 Å². The summed E-state index contributed by atoms with van der Waals surface area (Å²) in [6, 6.07) is 0. The number of allylic oxidation sites excluding steroid dienone is 2. The number of nitrogens with one attached hydrogen (secondary N) is 1. The SMILES string of the molecule is C=C(/C=C\CC)N=C(C)NO[Si](C)(C)C(C)(C)C. The molecule has 0 spiro atoms. The highest BCUT2D eigenvalue weighted by molar-refractivity contribution is 6.74. The Labute approximate surface area is 113 Å². The highest BCUT2D eigenvalue weighted by Crippen LogP contribution is 2.35. The summed E-state index contributed by atoms with van der Waals surface area (Å²) in [6.07, 6.45) is 4.94. The van der Waals surface area contributed by atoms with E-state index in [0.717, 1.165) is 18.0 Å². The van der Waals surface area contributed by atoms with Crippen LogP contribution in [0.4, 0.5) is 0 Å². The molecule has 0 saturated heterocycles. The normalized spacial score (nSPS) is 14.1. The molecule has 0 aromatic heterocycles. The molecule has 0 saturated carbocycles. The second kappa shape index (κ2) is 6.90. The molecule has 0 heterocycles. The van der Waals surface area contributed by atoms with Crippen LogP contribution in [0.25, 0.3) is 0 Å². The van der Waals surface area contributed by atoms with Gasteiger partial charge in [-0.05, 0) is 37.6 Å². The second-order valence-corrected chi connectivity index (χ2v) is 10.7. The van der Waals surface area contributed by atoms with Gasteiger partial charge in [0.05, 0.1) is 5.70 Å². The van der Waals surface area contributed by atoms with E-state index >= 15 is 0 Å². The highest BCUT2D eigenvalue weighted by atomic mass is 28.4. The summed E-state index contributed by atoms with van der Waals surface area (Å²) >= 11 is 0. The van der Waals surface area contributed by atoms with Crippen molar-refractivity contribution in [1.82, 2.24) is 5.48 Å². The van der Waals surface area contributed by atoms with Crippen LogP contribution in [0.5, 0.6) is 0 Å². The van der Waals surface area contributed by atoms with Crippen LogP contribution in [0.2, 0.25) is 18.1 Å². The zero-order chi connectivity index (χ0) is 14.4. The summed E-state index contributed by atoms with van der Waals surface area (Å²) in [7, 11) is -1.78. The Kier molecular flexibility index (Phi) is 6.56. The molecule has 0 atom stereocenters. The van der Waals surface area contributed by atoms with Crippen LogP contribution in [-0.4, -0.2) is 14.2 Å². The average molecular weight is 268 g/mol. The third-order valence-corrected chi connectivity index (χ3v) is 7.34. The molecule has 0 aromatic rings. The van der Waals surface area contributed by atoms with Crippen molar-refractivity contribution in [2.75, 3.05) is 0 Å². The first-order valence-corrected chi connectivity index (χ1v) is 9.35. The summed E-state index contributed by atoms with van der Waals surface area (Å²) in [5.41, 5.74) is 3.69.